The Balaban J connectivity index is 1.66. The maximum atomic E-state index is 14.0. The molecule has 40 heavy (non-hydrogen) atoms. The topological polar surface area (TPSA) is 82.4 Å². The quantitative estimate of drug-likeness (QED) is 0.373. The number of aromatic nitrogens is 1. The van der Waals surface area contributed by atoms with Gasteiger partial charge in [0.1, 0.15) is 11.8 Å². The van der Waals surface area contributed by atoms with E-state index in [0.717, 1.165) is 44.0 Å². The zero-order valence-electron chi connectivity index (χ0n) is 22.8. The number of thiazole rings is 1. The van der Waals surface area contributed by atoms with Crippen LogP contribution in [0.4, 0.5) is 5.69 Å². The van der Waals surface area contributed by atoms with Crippen molar-refractivity contribution in [2.45, 2.75) is 32.7 Å². The summed E-state index contributed by atoms with van der Waals surface area (Å²) >= 11 is 7.72. The van der Waals surface area contributed by atoms with Crippen LogP contribution in [-0.2, 0) is 14.3 Å². The lowest BCUT2D eigenvalue weighted by Gasteiger charge is -2.28. The number of halogens is 1. The van der Waals surface area contributed by atoms with E-state index in [9.17, 15) is 9.59 Å². The predicted octanol–water partition coefficient (Wildman–Crippen LogP) is 4.08. The van der Waals surface area contributed by atoms with Crippen molar-refractivity contribution in [3.05, 3.63) is 89.6 Å². The largest absolute Gasteiger partial charge is 0.496 e. The molecule has 10 heteroatoms. The average Bonchev–Trinajstić information content (AvgIpc) is 3.27. The zero-order chi connectivity index (χ0) is 28.2. The second-order valence-corrected chi connectivity index (χ2v) is 10.9. The molecule has 1 saturated heterocycles. The van der Waals surface area contributed by atoms with E-state index in [1.54, 1.807) is 36.8 Å². The first-order valence-corrected chi connectivity index (χ1v) is 14.6. The van der Waals surface area contributed by atoms with Crippen molar-refractivity contribution >= 4 is 40.7 Å². The first kappa shape index (κ1) is 28.1. The summed E-state index contributed by atoms with van der Waals surface area (Å²) < 4.78 is 18.7. The molecule has 1 fully saturated rings. The van der Waals surface area contributed by atoms with Gasteiger partial charge in [0, 0.05) is 29.4 Å². The molecule has 0 saturated carbocycles. The normalized spacial score (nSPS) is 17.4. The third-order valence-electron chi connectivity index (χ3n) is 6.95. The van der Waals surface area contributed by atoms with Crippen molar-refractivity contribution in [1.82, 2.24) is 4.57 Å². The predicted molar refractivity (Wildman–Crippen MR) is 157 cm³/mol. The molecule has 0 bridgehead atoms. The smallest absolute Gasteiger partial charge is 0.338 e. The number of esters is 1. The molecule has 0 amide bonds. The minimum atomic E-state index is -0.795. The number of carbonyl (C=O) groups is 1. The van der Waals surface area contributed by atoms with Gasteiger partial charge in [-0.25, -0.2) is 9.79 Å². The van der Waals surface area contributed by atoms with Gasteiger partial charge in [0.15, 0.2) is 4.80 Å². The van der Waals surface area contributed by atoms with E-state index in [0.29, 0.717) is 43.4 Å². The van der Waals surface area contributed by atoms with Gasteiger partial charge in [-0.15, -0.1) is 0 Å². The Labute approximate surface area is 241 Å². The van der Waals surface area contributed by atoms with Gasteiger partial charge < -0.3 is 19.1 Å². The van der Waals surface area contributed by atoms with Gasteiger partial charge in [0.25, 0.3) is 5.56 Å². The summed E-state index contributed by atoms with van der Waals surface area (Å²) in [7, 11) is 1.55. The number of benzene rings is 2. The molecule has 3 aromatic rings. The van der Waals surface area contributed by atoms with Gasteiger partial charge in [0.2, 0.25) is 0 Å². The summed E-state index contributed by atoms with van der Waals surface area (Å²) in [4.78, 5) is 35.0. The molecule has 2 aliphatic heterocycles. The number of nitrogens with zero attached hydrogens (tertiary/aromatic N) is 3. The Hall–Kier alpha value is -3.40. The summed E-state index contributed by atoms with van der Waals surface area (Å²) in [6.45, 7) is 7.13. The highest BCUT2D eigenvalue weighted by molar-refractivity contribution is 7.07. The van der Waals surface area contributed by atoms with E-state index in [1.165, 1.54) is 11.3 Å². The van der Waals surface area contributed by atoms with Crippen LogP contribution < -0.4 is 24.5 Å². The van der Waals surface area contributed by atoms with Crippen molar-refractivity contribution in [3.63, 3.8) is 0 Å². The Morgan fingerprint density at radius 3 is 2.60 bits per heavy atom. The van der Waals surface area contributed by atoms with Crippen LogP contribution in [-0.4, -0.2) is 50.6 Å². The van der Waals surface area contributed by atoms with Gasteiger partial charge in [0.05, 0.1) is 42.7 Å². The molecule has 210 valence electrons. The molecule has 1 atom stereocenters. The van der Waals surface area contributed by atoms with Crippen molar-refractivity contribution in [1.29, 1.82) is 0 Å². The summed E-state index contributed by atoms with van der Waals surface area (Å²) in [6, 6.07) is 12.5. The minimum Gasteiger partial charge on any atom is -0.496 e. The lowest BCUT2D eigenvalue weighted by molar-refractivity contribution is -0.139. The van der Waals surface area contributed by atoms with Crippen molar-refractivity contribution < 1.29 is 19.0 Å². The van der Waals surface area contributed by atoms with Gasteiger partial charge in [-0.2, -0.15) is 0 Å². The monoisotopic (exact) mass is 581 g/mol. The first-order valence-electron chi connectivity index (χ1n) is 13.4. The van der Waals surface area contributed by atoms with Crippen LogP contribution >= 0.6 is 22.9 Å². The van der Waals surface area contributed by atoms with Gasteiger partial charge in [-0.1, -0.05) is 48.4 Å². The average molecular weight is 582 g/mol. The molecule has 2 aliphatic rings. The Kier molecular flexibility index (Phi) is 8.73. The summed E-state index contributed by atoms with van der Waals surface area (Å²) in [5, 5.41) is 0.468. The molecule has 2 aromatic carbocycles. The number of methoxy groups -OCH3 is 1. The molecular weight excluding hydrogens is 550 g/mol. The fraction of sp³-hybridized carbons (Fsp3) is 0.367. The lowest BCUT2D eigenvalue weighted by Crippen LogP contribution is -2.40. The highest BCUT2D eigenvalue weighted by Crippen LogP contribution is 2.38. The number of anilines is 1. The van der Waals surface area contributed by atoms with Crippen LogP contribution in [0, 0.1) is 0 Å². The molecule has 0 spiro atoms. The minimum absolute atomic E-state index is 0.200. The number of hydrogen-bond donors (Lipinski definition) is 0. The Morgan fingerprint density at radius 2 is 1.93 bits per heavy atom. The fourth-order valence-electron chi connectivity index (χ4n) is 5.09. The van der Waals surface area contributed by atoms with Crippen LogP contribution in [0.15, 0.2) is 63.5 Å². The highest BCUT2D eigenvalue weighted by atomic mass is 35.5. The van der Waals surface area contributed by atoms with Crippen LogP contribution in [0.3, 0.4) is 0 Å². The molecule has 5 rings (SSSR count). The fourth-order valence-corrected chi connectivity index (χ4v) is 6.29. The maximum Gasteiger partial charge on any atom is 0.338 e. The number of ether oxygens (including phenoxy) is 3. The van der Waals surface area contributed by atoms with Crippen LogP contribution in [0.2, 0.25) is 5.02 Å². The van der Waals surface area contributed by atoms with Crippen LogP contribution in [0.25, 0.3) is 6.08 Å². The standard InChI is InChI=1S/C30H32ClN3O5S/c1-4-6-23-26(29(36)39-5-2)27(22-18-20(31)9-12-24(22)37-3)34-28(35)25(40-30(34)32-23)17-19-7-10-21(11-8-19)33-13-15-38-16-14-33/h7-12,17-18,27H,4-6,13-16H2,1-3H3/b25-17-/t27-/m0/s1. The van der Waals surface area contributed by atoms with E-state index >= 15 is 0 Å². The highest BCUT2D eigenvalue weighted by Gasteiger charge is 2.36. The second-order valence-electron chi connectivity index (χ2n) is 9.49. The third kappa shape index (κ3) is 5.59. The zero-order valence-corrected chi connectivity index (χ0v) is 24.4. The molecule has 1 aromatic heterocycles. The van der Waals surface area contributed by atoms with Gasteiger partial charge in [-0.05, 0) is 55.3 Å². The molecule has 0 N–H and O–H groups in total. The molecule has 8 nitrogen and oxygen atoms in total. The number of fused-ring (bicyclic) bond motifs is 1. The number of morpholine rings is 1. The molecule has 3 heterocycles. The van der Waals surface area contributed by atoms with Gasteiger partial charge >= 0.3 is 5.97 Å². The van der Waals surface area contributed by atoms with Crippen LogP contribution in [0.5, 0.6) is 5.75 Å². The second kappa shape index (κ2) is 12.4. The number of hydrogen-bond acceptors (Lipinski definition) is 8. The van der Waals surface area contributed by atoms with Gasteiger partial charge in [-0.3, -0.25) is 9.36 Å². The van der Waals surface area contributed by atoms with E-state index in [4.69, 9.17) is 30.8 Å². The third-order valence-corrected chi connectivity index (χ3v) is 8.16. The summed E-state index contributed by atoms with van der Waals surface area (Å²) in [5.41, 5.74) is 3.32. The molecular formula is C30H32ClN3O5S. The van der Waals surface area contributed by atoms with Crippen molar-refractivity contribution in [2.75, 3.05) is 44.9 Å². The van der Waals surface area contributed by atoms with E-state index in [1.807, 2.05) is 25.1 Å². The number of carbonyl (C=O) groups excluding carboxylic acids is 1. The van der Waals surface area contributed by atoms with E-state index in [-0.39, 0.29) is 12.2 Å². The van der Waals surface area contributed by atoms with Crippen molar-refractivity contribution in [3.8, 4) is 5.75 Å². The Bertz CT molecular complexity index is 1600. The SMILES string of the molecule is CCCC1=C(C(=O)OCC)[C@H](c2cc(Cl)ccc2OC)n2c(s/c(=C\c3ccc(N4CCOCC4)cc3)c2=O)=N1. The number of rotatable bonds is 8. The maximum absolute atomic E-state index is 14.0. The first-order chi connectivity index (χ1) is 19.4. The van der Waals surface area contributed by atoms with Crippen LogP contribution in [0.1, 0.15) is 43.9 Å². The lowest BCUT2D eigenvalue weighted by atomic mass is 9.93. The Morgan fingerprint density at radius 1 is 1.18 bits per heavy atom. The summed E-state index contributed by atoms with van der Waals surface area (Å²) in [5.74, 6) is 0.0111. The van der Waals surface area contributed by atoms with E-state index < -0.39 is 12.0 Å². The van der Waals surface area contributed by atoms with Crippen molar-refractivity contribution in [2.24, 2.45) is 4.99 Å². The molecule has 0 unspecified atom stereocenters. The number of allylic oxidation sites excluding steroid dienone is 1. The molecule has 0 radical (unpaired) electrons. The summed E-state index contributed by atoms with van der Waals surface area (Å²) in [6.07, 6.45) is 3.19. The molecule has 0 aliphatic carbocycles. The van der Waals surface area contributed by atoms with E-state index in [2.05, 4.69) is 17.0 Å².